The number of alkyl halides is 4. The van der Waals surface area contributed by atoms with Crippen LogP contribution in [0.15, 0.2) is 35.1 Å². The smallest absolute Gasteiger partial charge is 0.416 e. The molecule has 0 amide bonds. The summed E-state index contributed by atoms with van der Waals surface area (Å²) in [7, 11) is 0. The first-order valence-electron chi connectivity index (χ1n) is 8.66. The van der Waals surface area contributed by atoms with E-state index in [-0.39, 0.29) is 24.1 Å². The van der Waals surface area contributed by atoms with Crippen LogP contribution < -0.4 is 10.1 Å². The normalized spacial score (nSPS) is 12.8. The quantitative estimate of drug-likeness (QED) is 0.345. The molecule has 154 valence electrons. The second kappa shape index (κ2) is 8.71. The number of fused-ring (bicyclic) bond motifs is 1. The number of aromatic nitrogens is 3. The number of anilines is 1. The lowest BCUT2D eigenvalue weighted by atomic mass is 9.97. The Morgan fingerprint density at radius 1 is 1.28 bits per heavy atom. The molecule has 0 radical (unpaired) electrons. The van der Waals surface area contributed by atoms with Crippen LogP contribution in [0.1, 0.15) is 29.7 Å². The van der Waals surface area contributed by atoms with E-state index in [0.717, 1.165) is 6.07 Å². The van der Waals surface area contributed by atoms with Crippen molar-refractivity contribution >= 4 is 44.3 Å². The monoisotopic (exact) mass is 488 g/mol. The minimum Gasteiger partial charge on any atom is -0.462 e. The Labute approximate surface area is 178 Å². The van der Waals surface area contributed by atoms with Crippen LogP contribution in [0.5, 0.6) is 6.01 Å². The highest BCUT2D eigenvalue weighted by molar-refractivity contribution is 9.10. The van der Waals surface area contributed by atoms with Crippen LogP contribution in [0.25, 0.3) is 10.9 Å². The molecule has 10 heteroatoms. The minimum absolute atomic E-state index is 0.109. The number of hydrogen-bond donors (Lipinski definition) is 1. The first-order valence-corrected chi connectivity index (χ1v) is 9.98. The third-order valence-electron chi connectivity index (χ3n) is 4.34. The predicted molar refractivity (Wildman–Crippen MR) is 109 cm³/mol. The number of hydrogen-bond acceptors (Lipinski definition) is 5. The molecular formula is C19H17BrClF3N4O. The zero-order chi connectivity index (χ0) is 21.2. The molecular weight excluding hydrogens is 473 g/mol. The standard InChI is InChI=1S/C19H17BrClF3N4O/c1-10-12(4-3-5-14(10)19(22,23)24)11(2)26-17-13-8-16(20)25-9-15(13)27-18(28-17)29-7-6-21/h3-5,8-9,11H,6-7H2,1-2H3,(H,26,27,28). The molecule has 1 N–H and O–H groups in total. The van der Waals surface area contributed by atoms with Crippen LogP contribution in [-0.4, -0.2) is 27.4 Å². The average molecular weight is 490 g/mol. The molecule has 0 aliphatic carbocycles. The number of nitrogens with zero attached hydrogens (tertiary/aromatic N) is 3. The Kier molecular flexibility index (Phi) is 6.48. The fraction of sp³-hybridized carbons (Fsp3) is 0.316. The number of ether oxygens (including phenoxy) is 1. The molecule has 3 aromatic rings. The van der Waals surface area contributed by atoms with Crippen molar-refractivity contribution in [2.75, 3.05) is 17.8 Å². The van der Waals surface area contributed by atoms with Crippen LogP contribution in [0, 0.1) is 6.92 Å². The lowest BCUT2D eigenvalue weighted by Gasteiger charge is -2.21. The van der Waals surface area contributed by atoms with E-state index in [4.69, 9.17) is 16.3 Å². The summed E-state index contributed by atoms with van der Waals surface area (Å²) >= 11 is 8.97. The zero-order valence-corrected chi connectivity index (χ0v) is 17.9. The molecule has 0 aliphatic heterocycles. The molecule has 1 aromatic carbocycles. The fourth-order valence-corrected chi connectivity index (χ4v) is 3.41. The third-order valence-corrected chi connectivity index (χ3v) is 4.93. The molecule has 1 unspecified atom stereocenters. The van der Waals surface area contributed by atoms with E-state index in [9.17, 15) is 13.2 Å². The minimum atomic E-state index is -4.42. The first-order chi connectivity index (χ1) is 13.7. The average Bonchev–Trinajstić information content (AvgIpc) is 2.66. The highest BCUT2D eigenvalue weighted by atomic mass is 79.9. The molecule has 0 fully saturated rings. The summed E-state index contributed by atoms with van der Waals surface area (Å²) in [6.07, 6.45) is -2.86. The molecule has 1 atom stereocenters. The topological polar surface area (TPSA) is 59.9 Å². The van der Waals surface area contributed by atoms with E-state index in [1.54, 1.807) is 25.3 Å². The van der Waals surface area contributed by atoms with Crippen molar-refractivity contribution in [3.63, 3.8) is 0 Å². The van der Waals surface area contributed by atoms with Crippen LogP contribution in [-0.2, 0) is 6.18 Å². The van der Waals surface area contributed by atoms with E-state index in [1.165, 1.54) is 13.0 Å². The van der Waals surface area contributed by atoms with E-state index >= 15 is 0 Å². The zero-order valence-electron chi connectivity index (χ0n) is 15.5. The SMILES string of the molecule is Cc1c(C(C)Nc2nc(OCCCl)nc3cnc(Br)cc23)cccc1C(F)(F)F. The molecule has 0 saturated carbocycles. The van der Waals surface area contributed by atoms with Gasteiger partial charge in [-0.25, -0.2) is 4.98 Å². The van der Waals surface area contributed by atoms with Crippen molar-refractivity contribution in [1.82, 2.24) is 15.0 Å². The van der Waals surface area contributed by atoms with Gasteiger partial charge in [-0.05, 0) is 53.0 Å². The van der Waals surface area contributed by atoms with Gasteiger partial charge in [0, 0.05) is 5.39 Å². The molecule has 29 heavy (non-hydrogen) atoms. The van der Waals surface area contributed by atoms with Gasteiger partial charge in [0.15, 0.2) is 0 Å². The summed E-state index contributed by atoms with van der Waals surface area (Å²) in [6.45, 7) is 3.45. The third kappa shape index (κ3) is 4.90. The van der Waals surface area contributed by atoms with Gasteiger partial charge < -0.3 is 10.1 Å². The second-order valence-electron chi connectivity index (χ2n) is 6.30. The summed E-state index contributed by atoms with van der Waals surface area (Å²) in [6, 6.07) is 5.52. The Morgan fingerprint density at radius 3 is 2.72 bits per heavy atom. The van der Waals surface area contributed by atoms with Gasteiger partial charge in [0.25, 0.3) is 0 Å². The Balaban J connectivity index is 2.02. The van der Waals surface area contributed by atoms with E-state index in [0.29, 0.717) is 26.9 Å². The maximum atomic E-state index is 13.3. The van der Waals surface area contributed by atoms with Crippen molar-refractivity contribution in [1.29, 1.82) is 0 Å². The maximum absolute atomic E-state index is 13.3. The number of pyridine rings is 1. The number of nitrogens with one attached hydrogen (secondary N) is 1. The van der Waals surface area contributed by atoms with Crippen molar-refractivity contribution < 1.29 is 17.9 Å². The van der Waals surface area contributed by atoms with Gasteiger partial charge >= 0.3 is 12.2 Å². The largest absolute Gasteiger partial charge is 0.462 e. The van der Waals surface area contributed by atoms with Crippen molar-refractivity contribution in [3.05, 3.63) is 51.8 Å². The molecule has 5 nitrogen and oxygen atoms in total. The van der Waals surface area contributed by atoms with Crippen LogP contribution >= 0.6 is 27.5 Å². The lowest BCUT2D eigenvalue weighted by Crippen LogP contribution is -2.15. The Morgan fingerprint density at radius 2 is 2.03 bits per heavy atom. The predicted octanol–water partition coefficient (Wildman–Crippen LogP) is 5.91. The Hall–Kier alpha value is -2.13. The Bertz CT molecular complexity index is 1030. The van der Waals surface area contributed by atoms with Crippen molar-refractivity contribution in [3.8, 4) is 6.01 Å². The van der Waals surface area contributed by atoms with Crippen molar-refractivity contribution in [2.45, 2.75) is 26.1 Å². The van der Waals surface area contributed by atoms with Crippen LogP contribution in [0.4, 0.5) is 19.0 Å². The molecule has 0 bridgehead atoms. The van der Waals surface area contributed by atoms with E-state index < -0.39 is 17.8 Å². The first kappa shape index (κ1) is 21.6. The summed E-state index contributed by atoms with van der Waals surface area (Å²) in [4.78, 5) is 12.8. The number of rotatable bonds is 6. The number of halogens is 5. The molecule has 0 spiro atoms. The van der Waals surface area contributed by atoms with Gasteiger partial charge in [0.1, 0.15) is 17.0 Å². The highest BCUT2D eigenvalue weighted by Crippen LogP contribution is 2.35. The molecule has 2 heterocycles. The molecule has 3 rings (SSSR count). The van der Waals surface area contributed by atoms with Gasteiger partial charge in [-0.1, -0.05) is 12.1 Å². The van der Waals surface area contributed by atoms with Crippen molar-refractivity contribution in [2.24, 2.45) is 0 Å². The maximum Gasteiger partial charge on any atom is 0.416 e. The second-order valence-corrected chi connectivity index (χ2v) is 7.49. The highest BCUT2D eigenvalue weighted by Gasteiger charge is 2.33. The summed E-state index contributed by atoms with van der Waals surface area (Å²) in [5, 5.41) is 3.84. The fourth-order valence-electron chi connectivity index (χ4n) is 3.00. The van der Waals surface area contributed by atoms with Crippen LogP contribution in [0.3, 0.4) is 0 Å². The van der Waals surface area contributed by atoms with Gasteiger partial charge in [-0.2, -0.15) is 23.1 Å². The molecule has 0 aliphatic rings. The summed E-state index contributed by atoms with van der Waals surface area (Å²) < 4.78 is 45.8. The van der Waals surface area contributed by atoms with Crippen LogP contribution in [0.2, 0.25) is 0 Å². The molecule has 0 saturated heterocycles. The lowest BCUT2D eigenvalue weighted by molar-refractivity contribution is -0.138. The van der Waals surface area contributed by atoms with Gasteiger partial charge in [-0.15, -0.1) is 11.6 Å². The van der Waals surface area contributed by atoms with Gasteiger partial charge in [0.05, 0.1) is 29.2 Å². The van der Waals surface area contributed by atoms with Gasteiger partial charge in [-0.3, -0.25) is 0 Å². The molecule has 2 aromatic heterocycles. The van der Waals surface area contributed by atoms with E-state index in [1.807, 2.05) is 0 Å². The summed E-state index contributed by atoms with van der Waals surface area (Å²) in [5.41, 5.74) is 0.556. The van der Waals surface area contributed by atoms with E-state index in [2.05, 4.69) is 36.2 Å². The van der Waals surface area contributed by atoms with Gasteiger partial charge in [0.2, 0.25) is 0 Å². The number of benzene rings is 1. The summed E-state index contributed by atoms with van der Waals surface area (Å²) in [5.74, 6) is 0.690.